The Hall–Kier alpha value is -1.06. The number of aryl methyl sites for hydroxylation is 1. The molecule has 3 nitrogen and oxygen atoms in total. The highest BCUT2D eigenvalue weighted by Gasteiger charge is 2.12. The summed E-state index contributed by atoms with van der Waals surface area (Å²) in [6.07, 6.45) is 1.23. The molecule has 1 unspecified atom stereocenters. The maximum atomic E-state index is 5.84. The minimum atomic E-state index is 0.722. The molecular formula is C16H26N2O. The number of ether oxygens (including phenoxy) is 1. The van der Waals surface area contributed by atoms with Gasteiger partial charge in [0.25, 0.3) is 0 Å². The van der Waals surface area contributed by atoms with Crippen LogP contribution in [0.25, 0.3) is 0 Å². The molecule has 0 bridgehead atoms. The van der Waals surface area contributed by atoms with Crippen LogP contribution in [0.2, 0.25) is 0 Å². The number of rotatable bonds is 4. The third kappa shape index (κ3) is 5.21. The maximum absolute atomic E-state index is 5.84. The van der Waals surface area contributed by atoms with Crippen LogP contribution in [0, 0.1) is 12.8 Å². The van der Waals surface area contributed by atoms with Gasteiger partial charge in [-0.1, -0.05) is 19.1 Å². The van der Waals surface area contributed by atoms with Gasteiger partial charge in [-0.05, 0) is 56.6 Å². The zero-order valence-corrected chi connectivity index (χ0v) is 12.2. The molecular weight excluding hydrogens is 236 g/mol. The third-order valence-corrected chi connectivity index (χ3v) is 3.56. The van der Waals surface area contributed by atoms with Gasteiger partial charge in [0, 0.05) is 13.1 Å². The van der Waals surface area contributed by atoms with Crippen molar-refractivity contribution in [2.45, 2.75) is 20.3 Å². The lowest BCUT2D eigenvalue weighted by atomic mass is 10.1. The van der Waals surface area contributed by atoms with Gasteiger partial charge in [0.2, 0.25) is 0 Å². The number of nitrogens with zero attached hydrogens (tertiary/aromatic N) is 1. The first-order valence-corrected chi connectivity index (χ1v) is 7.36. The summed E-state index contributed by atoms with van der Waals surface area (Å²) in [5.41, 5.74) is 1.25. The zero-order valence-electron chi connectivity index (χ0n) is 12.2. The highest BCUT2D eigenvalue weighted by molar-refractivity contribution is 5.27. The summed E-state index contributed by atoms with van der Waals surface area (Å²) in [4.78, 5) is 2.53. The topological polar surface area (TPSA) is 24.5 Å². The van der Waals surface area contributed by atoms with Crippen molar-refractivity contribution >= 4 is 0 Å². The second-order valence-electron chi connectivity index (χ2n) is 5.63. The molecule has 0 aliphatic carbocycles. The average Bonchev–Trinajstić information content (AvgIpc) is 2.35. The Morgan fingerprint density at radius 1 is 1.42 bits per heavy atom. The van der Waals surface area contributed by atoms with Crippen LogP contribution in [-0.2, 0) is 0 Å². The van der Waals surface area contributed by atoms with Gasteiger partial charge >= 0.3 is 0 Å². The van der Waals surface area contributed by atoms with E-state index in [1.165, 1.54) is 25.1 Å². The van der Waals surface area contributed by atoms with E-state index in [4.69, 9.17) is 4.74 Å². The van der Waals surface area contributed by atoms with Crippen LogP contribution in [-0.4, -0.2) is 44.2 Å². The van der Waals surface area contributed by atoms with E-state index in [9.17, 15) is 0 Å². The van der Waals surface area contributed by atoms with Gasteiger partial charge in [-0.3, -0.25) is 4.90 Å². The first-order chi connectivity index (χ1) is 9.24. The standard InChI is InChI=1S/C16H26N2O/c1-14-5-3-6-16(11-14)19-10-9-18-8-4-7-17-12-15(2)13-18/h3,5-6,11,15,17H,4,7-10,12-13H2,1-2H3. The number of hydrogen-bond donors (Lipinski definition) is 1. The van der Waals surface area contributed by atoms with Gasteiger partial charge in [-0.2, -0.15) is 0 Å². The van der Waals surface area contributed by atoms with Crippen LogP contribution in [0.4, 0.5) is 0 Å². The summed E-state index contributed by atoms with van der Waals surface area (Å²) >= 11 is 0. The number of hydrogen-bond acceptors (Lipinski definition) is 3. The largest absolute Gasteiger partial charge is 0.492 e. The van der Waals surface area contributed by atoms with Crippen molar-refractivity contribution < 1.29 is 4.74 Å². The molecule has 1 atom stereocenters. The van der Waals surface area contributed by atoms with E-state index in [1.54, 1.807) is 0 Å². The van der Waals surface area contributed by atoms with E-state index in [1.807, 2.05) is 6.07 Å². The fourth-order valence-corrected chi connectivity index (χ4v) is 2.57. The Bertz CT molecular complexity index is 381. The molecule has 106 valence electrons. The summed E-state index contributed by atoms with van der Waals surface area (Å²) in [7, 11) is 0. The highest BCUT2D eigenvalue weighted by Crippen LogP contribution is 2.12. The second-order valence-corrected chi connectivity index (χ2v) is 5.63. The second kappa shape index (κ2) is 7.51. The molecule has 1 aromatic carbocycles. The Balaban J connectivity index is 1.74. The lowest BCUT2D eigenvalue weighted by Crippen LogP contribution is -2.40. The Labute approximate surface area is 116 Å². The monoisotopic (exact) mass is 262 g/mol. The van der Waals surface area contributed by atoms with Crippen molar-refractivity contribution in [3.05, 3.63) is 29.8 Å². The predicted molar refractivity (Wildman–Crippen MR) is 79.8 cm³/mol. The Kier molecular flexibility index (Phi) is 5.67. The van der Waals surface area contributed by atoms with Gasteiger partial charge in [0.1, 0.15) is 12.4 Å². The normalized spacial score (nSPS) is 21.7. The van der Waals surface area contributed by atoms with E-state index < -0.39 is 0 Å². The molecule has 1 fully saturated rings. The van der Waals surface area contributed by atoms with Crippen LogP contribution in [0.1, 0.15) is 18.9 Å². The van der Waals surface area contributed by atoms with Crippen molar-refractivity contribution in [1.82, 2.24) is 10.2 Å². The van der Waals surface area contributed by atoms with E-state index >= 15 is 0 Å². The molecule has 1 N–H and O–H groups in total. The van der Waals surface area contributed by atoms with Gasteiger partial charge < -0.3 is 10.1 Å². The molecule has 1 aromatic rings. The first-order valence-electron chi connectivity index (χ1n) is 7.36. The molecule has 3 heteroatoms. The van der Waals surface area contributed by atoms with Crippen LogP contribution >= 0.6 is 0 Å². The molecule has 1 aliphatic heterocycles. The van der Waals surface area contributed by atoms with E-state index in [0.29, 0.717) is 0 Å². The molecule has 2 rings (SSSR count). The molecule has 0 amide bonds. The lowest BCUT2D eigenvalue weighted by molar-refractivity contribution is 0.177. The summed E-state index contributed by atoms with van der Waals surface area (Å²) in [6, 6.07) is 8.28. The molecule has 19 heavy (non-hydrogen) atoms. The first kappa shape index (κ1) is 14.4. The average molecular weight is 262 g/mol. The molecule has 0 spiro atoms. The number of nitrogens with one attached hydrogen (secondary N) is 1. The molecule has 0 radical (unpaired) electrons. The van der Waals surface area contributed by atoms with E-state index in [0.717, 1.165) is 37.9 Å². The molecule has 1 heterocycles. The van der Waals surface area contributed by atoms with Gasteiger partial charge in [0.15, 0.2) is 0 Å². The summed E-state index contributed by atoms with van der Waals surface area (Å²) < 4.78 is 5.84. The van der Waals surface area contributed by atoms with Crippen LogP contribution in [0.3, 0.4) is 0 Å². The molecule has 1 saturated heterocycles. The lowest BCUT2D eigenvalue weighted by Gasteiger charge is -2.28. The van der Waals surface area contributed by atoms with Crippen molar-refractivity contribution in [2.24, 2.45) is 5.92 Å². The minimum Gasteiger partial charge on any atom is -0.492 e. The number of benzene rings is 1. The van der Waals surface area contributed by atoms with Crippen molar-refractivity contribution in [2.75, 3.05) is 39.3 Å². The summed E-state index contributed by atoms with van der Waals surface area (Å²) in [5.74, 6) is 1.71. The van der Waals surface area contributed by atoms with Gasteiger partial charge in [-0.25, -0.2) is 0 Å². The minimum absolute atomic E-state index is 0.722. The smallest absolute Gasteiger partial charge is 0.119 e. The van der Waals surface area contributed by atoms with Crippen molar-refractivity contribution in [3.63, 3.8) is 0 Å². The SMILES string of the molecule is Cc1cccc(OCCN2CCCNCC(C)C2)c1. The highest BCUT2D eigenvalue weighted by atomic mass is 16.5. The van der Waals surface area contributed by atoms with Crippen molar-refractivity contribution in [3.8, 4) is 5.75 Å². The summed E-state index contributed by atoms with van der Waals surface area (Å²) in [5, 5.41) is 3.49. The fourth-order valence-electron chi connectivity index (χ4n) is 2.57. The zero-order chi connectivity index (χ0) is 13.5. The molecule has 0 aromatic heterocycles. The Morgan fingerprint density at radius 3 is 3.16 bits per heavy atom. The molecule has 0 saturated carbocycles. The van der Waals surface area contributed by atoms with Crippen LogP contribution < -0.4 is 10.1 Å². The van der Waals surface area contributed by atoms with Gasteiger partial charge in [-0.15, -0.1) is 0 Å². The maximum Gasteiger partial charge on any atom is 0.119 e. The van der Waals surface area contributed by atoms with E-state index in [2.05, 4.69) is 42.3 Å². The quantitative estimate of drug-likeness (QED) is 0.901. The van der Waals surface area contributed by atoms with Crippen molar-refractivity contribution in [1.29, 1.82) is 0 Å². The van der Waals surface area contributed by atoms with Crippen LogP contribution in [0.5, 0.6) is 5.75 Å². The molecule has 1 aliphatic rings. The predicted octanol–water partition coefficient (Wildman–Crippen LogP) is 2.31. The third-order valence-electron chi connectivity index (χ3n) is 3.56. The Morgan fingerprint density at radius 2 is 2.32 bits per heavy atom. The fraction of sp³-hybridized carbons (Fsp3) is 0.625. The van der Waals surface area contributed by atoms with Crippen LogP contribution in [0.15, 0.2) is 24.3 Å². The van der Waals surface area contributed by atoms with E-state index in [-0.39, 0.29) is 0 Å². The summed E-state index contributed by atoms with van der Waals surface area (Å²) in [6.45, 7) is 10.8. The van der Waals surface area contributed by atoms with Gasteiger partial charge in [0.05, 0.1) is 0 Å².